The minimum Gasteiger partial charge on any atom is -0.484 e. The molecule has 0 atom stereocenters. The van der Waals surface area contributed by atoms with Crippen LogP contribution in [0.2, 0.25) is 0 Å². The van der Waals surface area contributed by atoms with Gasteiger partial charge in [-0.1, -0.05) is 203 Å². The number of carbonyl (C=O) groups excluding carboxylic acids is 1. The third-order valence-corrected chi connectivity index (χ3v) is 13.0. The molecule has 0 unspecified atom stereocenters. The Hall–Kier alpha value is -1.85. The zero-order valence-electron chi connectivity index (χ0n) is 37.0. The number of hydrogen-bond donors (Lipinski definition) is 0. The molecule has 0 aliphatic carbocycles. The molecule has 56 heavy (non-hydrogen) atoms. The summed E-state index contributed by atoms with van der Waals surface area (Å²) in [6.07, 6.45) is 50.1. The molecule has 0 saturated heterocycles. The van der Waals surface area contributed by atoms with Crippen LogP contribution in [0.4, 0.5) is 0 Å². The van der Waals surface area contributed by atoms with E-state index in [-0.39, 0.29) is 5.78 Å². The Morgan fingerprint density at radius 1 is 0.429 bits per heavy atom. The largest absolute Gasteiger partial charge is 0.484 e. The summed E-state index contributed by atoms with van der Waals surface area (Å²) in [5.41, 5.74) is 2.28. The number of hydrogen-bond acceptors (Lipinski definition) is 5. The van der Waals surface area contributed by atoms with E-state index in [1.807, 2.05) is 0 Å². The van der Waals surface area contributed by atoms with Gasteiger partial charge in [-0.2, -0.15) is 0 Å². The van der Waals surface area contributed by atoms with E-state index in [1.54, 1.807) is 22.7 Å². The number of carbonyl (C=O) groups is 1. The highest BCUT2D eigenvalue weighted by Gasteiger charge is 2.23. The Morgan fingerprint density at radius 3 is 1.05 bits per heavy atom. The molecule has 2 rings (SSSR count). The van der Waals surface area contributed by atoms with Crippen molar-refractivity contribution in [1.29, 1.82) is 0 Å². The average Bonchev–Trinajstić information content (AvgIpc) is 3.80. The van der Waals surface area contributed by atoms with Crippen molar-refractivity contribution in [3.05, 3.63) is 57.3 Å². The minimum absolute atomic E-state index is 0.158. The number of ketones is 1. The van der Waals surface area contributed by atoms with Crippen LogP contribution in [-0.4, -0.2) is 19.0 Å². The molecule has 2 aromatic rings. The van der Waals surface area contributed by atoms with Gasteiger partial charge >= 0.3 is 0 Å². The van der Waals surface area contributed by atoms with Gasteiger partial charge in [-0.25, -0.2) is 0 Å². The zero-order chi connectivity index (χ0) is 40.2. The summed E-state index contributed by atoms with van der Waals surface area (Å²) in [6, 6.07) is 4.28. The Bertz CT molecular complexity index is 1160. The highest BCUT2D eigenvalue weighted by Crippen LogP contribution is 2.37. The van der Waals surface area contributed by atoms with Gasteiger partial charge in [0.05, 0.1) is 23.0 Å². The van der Waals surface area contributed by atoms with E-state index in [2.05, 4.69) is 64.1 Å². The Kier molecular flexibility index (Phi) is 32.6. The van der Waals surface area contributed by atoms with Crippen LogP contribution in [0, 0.1) is 0 Å². The van der Waals surface area contributed by atoms with Gasteiger partial charge in [0.2, 0.25) is 5.78 Å². The number of aryl methyl sites for hydroxylation is 2. The second kappa shape index (κ2) is 36.2. The molecule has 0 aromatic carbocycles. The van der Waals surface area contributed by atoms with Crippen molar-refractivity contribution in [2.75, 3.05) is 13.2 Å². The summed E-state index contributed by atoms with van der Waals surface area (Å²) in [6.45, 7) is 10.4. The number of thiophene rings is 2. The van der Waals surface area contributed by atoms with Gasteiger partial charge in [-0.3, -0.25) is 4.79 Å². The Labute approximate surface area is 354 Å². The van der Waals surface area contributed by atoms with E-state index < -0.39 is 0 Å². The maximum atomic E-state index is 14.0. The van der Waals surface area contributed by atoms with E-state index in [4.69, 9.17) is 9.47 Å². The molecule has 0 aliphatic rings. The van der Waals surface area contributed by atoms with Gasteiger partial charge < -0.3 is 9.47 Å². The maximum absolute atomic E-state index is 14.0. The normalized spacial score (nSPS) is 11.8. The first-order chi connectivity index (χ1) is 27.6. The monoisotopic (exact) mass is 811 g/mol. The molecule has 0 N–H and O–H groups in total. The van der Waals surface area contributed by atoms with Gasteiger partial charge in [0, 0.05) is 0 Å². The summed E-state index contributed by atoms with van der Waals surface area (Å²) >= 11 is 3.10. The van der Waals surface area contributed by atoms with Crippen LogP contribution in [0.25, 0.3) is 0 Å². The number of unbranched alkanes of at least 4 members (excludes halogenated alkanes) is 24. The SMILES string of the molecule is CCCCCCCC/C=C\CCCCCCCCOc1cc(CCC)c(C(=O)c2sc(OCCCCCCCC/C=C\CCCCCCCC)cc2CCC)s1. The first-order valence-corrected chi connectivity index (χ1v) is 25.6. The van der Waals surface area contributed by atoms with Crippen molar-refractivity contribution in [2.45, 2.75) is 233 Å². The summed E-state index contributed by atoms with van der Waals surface area (Å²) in [5, 5.41) is 1.80. The topological polar surface area (TPSA) is 35.5 Å². The zero-order valence-corrected chi connectivity index (χ0v) is 38.7. The maximum Gasteiger partial charge on any atom is 0.213 e. The van der Waals surface area contributed by atoms with Gasteiger partial charge in [-0.05, 0) is 100 Å². The van der Waals surface area contributed by atoms with Crippen molar-refractivity contribution in [1.82, 2.24) is 0 Å². The first-order valence-electron chi connectivity index (χ1n) is 24.0. The minimum atomic E-state index is 0.158. The van der Waals surface area contributed by atoms with E-state index in [9.17, 15) is 4.79 Å². The van der Waals surface area contributed by atoms with E-state index >= 15 is 0 Å². The predicted molar refractivity (Wildman–Crippen MR) is 250 cm³/mol. The second-order valence-corrected chi connectivity index (χ2v) is 18.3. The molecular formula is C51H86O3S2. The van der Waals surface area contributed by atoms with E-state index in [0.29, 0.717) is 0 Å². The lowest BCUT2D eigenvalue weighted by Crippen LogP contribution is -2.02. The Morgan fingerprint density at radius 2 is 0.732 bits per heavy atom. The molecule has 0 aliphatic heterocycles. The Balaban J connectivity index is 1.64. The molecule has 0 amide bonds. The lowest BCUT2D eigenvalue weighted by atomic mass is 10.0. The average molecular weight is 811 g/mol. The van der Waals surface area contributed by atoms with Crippen molar-refractivity contribution < 1.29 is 14.3 Å². The number of ether oxygens (including phenoxy) is 2. The summed E-state index contributed by atoms with van der Waals surface area (Å²) in [7, 11) is 0. The summed E-state index contributed by atoms with van der Waals surface area (Å²) < 4.78 is 12.5. The van der Waals surface area contributed by atoms with E-state index in [0.717, 1.165) is 82.7 Å². The van der Waals surface area contributed by atoms with Crippen LogP contribution in [0.15, 0.2) is 36.4 Å². The van der Waals surface area contributed by atoms with Crippen molar-refractivity contribution in [3.8, 4) is 10.1 Å². The first kappa shape index (κ1) is 50.3. The molecule has 0 radical (unpaired) electrons. The van der Waals surface area contributed by atoms with Crippen LogP contribution in [-0.2, 0) is 12.8 Å². The highest BCUT2D eigenvalue weighted by molar-refractivity contribution is 7.19. The van der Waals surface area contributed by atoms with Crippen LogP contribution in [0.3, 0.4) is 0 Å². The van der Waals surface area contributed by atoms with Gasteiger partial charge in [0.25, 0.3) is 0 Å². The quantitative estimate of drug-likeness (QED) is 0.0382. The van der Waals surface area contributed by atoms with E-state index in [1.165, 1.54) is 167 Å². The predicted octanol–water partition coefficient (Wildman–Crippen LogP) is 17.8. The highest BCUT2D eigenvalue weighted by atomic mass is 32.1. The molecule has 320 valence electrons. The van der Waals surface area contributed by atoms with Crippen molar-refractivity contribution in [3.63, 3.8) is 0 Å². The lowest BCUT2D eigenvalue weighted by molar-refractivity contribution is 0.104. The fourth-order valence-electron chi connectivity index (χ4n) is 7.39. The fraction of sp³-hybridized carbons (Fsp3) is 0.745. The number of allylic oxidation sites excluding steroid dienone is 4. The molecular weight excluding hydrogens is 725 g/mol. The van der Waals surface area contributed by atoms with Gasteiger partial charge in [0.1, 0.15) is 0 Å². The molecule has 5 heteroatoms. The summed E-state index contributed by atoms with van der Waals surface area (Å²) in [5.74, 6) is 0.158. The molecule has 2 aromatic heterocycles. The van der Waals surface area contributed by atoms with Crippen molar-refractivity contribution in [2.24, 2.45) is 0 Å². The van der Waals surface area contributed by atoms with Gasteiger partial charge in [-0.15, -0.1) is 0 Å². The van der Waals surface area contributed by atoms with Crippen molar-refractivity contribution >= 4 is 28.5 Å². The second-order valence-electron chi connectivity index (χ2n) is 16.2. The standard InChI is InChI=1S/C51H86O3S2/c1-5-9-11-13-15-17-19-21-23-25-27-29-31-33-35-37-41-53-47-43-45(39-7-3)50(55-47)49(52)51-46(40-8-4)44-48(56-51)54-42-38-36-34-32-30-28-26-24-22-20-18-16-14-12-10-6-2/h21-24,43-44H,5-20,25-42H2,1-4H3/b23-21-,24-22-. The van der Waals surface area contributed by atoms with Crippen LogP contribution in [0.1, 0.15) is 246 Å². The fourth-order valence-corrected chi connectivity index (χ4v) is 9.52. The lowest BCUT2D eigenvalue weighted by Gasteiger charge is -2.04. The smallest absolute Gasteiger partial charge is 0.213 e. The van der Waals surface area contributed by atoms with Crippen LogP contribution >= 0.6 is 22.7 Å². The van der Waals surface area contributed by atoms with Crippen LogP contribution < -0.4 is 9.47 Å². The molecule has 0 bridgehead atoms. The third kappa shape index (κ3) is 24.8. The third-order valence-electron chi connectivity index (χ3n) is 10.8. The van der Waals surface area contributed by atoms with Crippen LogP contribution in [0.5, 0.6) is 10.1 Å². The molecule has 2 heterocycles. The molecule has 0 saturated carbocycles. The van der Waals surface area contributed by atoms with Gasteiger partial charge in [0.15, 0.2) is 10.1 Å². The summed E-state index contributed by atoms with van der Waals surface area (Å²) in [4.78, 5) is 15.8. The number of rotatable bonds is 40. The molecule has 0 spiro atoms. The molecule has 0 fully saturated rings. The molecule has 3 nitrogen and oxygen atoms in total.